The van der Waals surface area contributed by atoms with Gasteiger partial charge in [0.05, 0.1) is 31.0 Å². The molecule has 0 aliphatic carbocycles. The number of rotatable bonds is 7. The third kappa shape index (κ3) is 3.78. The van der Waals surface area contributed by atoms with Crippen molar-refractivity contribution in [1.82, 2.24) is 20.4 Å². The van der Waals surface area contributed by atoms with E-state index in [9.17, 15) is 24.0 Å². The fourth-order valence-electron chi connectivity index (χ4n) is 2.44. The van der Waals surface area contributed by atoms with Gasteiger partial charge < -0.3 is 15.4 Å². The second kappa shape index (κ2) is 7.77. The number of unbranched alkanes of at least 4 members (excludes halogenated alkanes) is 1. The van der Waals surface area contributed by atoms with Crippen LogP contribution in [-0.2, 0) is 19.1 Å². The van der Waals surface area contributed by atoms with Crippen LogP contribution in [0.4, 0.5) is 9.59 Å². The lowest BCUT2D eigenvalue weighted by atomic mass is 10.1. The molecule has 2 aliphatic rings. The molecule has 0 spiro atoms. The number of hydrogen-bond acceptors (Lipinski definition) is 6. The summed E-state index contributed by atoms with van der Waals surface area (Å²) in [6.45, 7) is 3.33. The average Bonchev–Trinajstić information content (AvgIpc) is 2.77. The van der Waals surface area contributed by atoms with E-state index in [1.54, 1.807) is 6.92 Å². The van der Waals surface area contributed by atoms with E-state index in [1.807, 2.05) is 6.92 Å². The Morgan fingerprint density at radius 1 is 1.12 bits per heavy atom. The van der Waals surface area contributed by atoms with Gasteiger partial charge in [-0.1, -0.05) is 13.3 Å². The zero-order valence-corrected chi connectivity index (χ0v) is 14.1. The molecule has 10 heteroatoms. The molecular formula is C15H20N4O6. The Hall–Kier alpha value is -2.91. The van der Waals surface area contributed by atoms with Crippen molar-refractivity contribution in [1.29, 1.82) is 0 Å². The van der Waals surface area contributed by atoms with Crippen molar-refractivity contribution >= 4 is 29.8 Å². The maximum absolute atomic E-state index is 12.3. The molecule has 0 unspecified atom stereocenters. The molecule has 1 saturated heterocycles. The number of urea groups is 2. The Balaban J connectivity index is 2.24. The van der Waals surface area contributed by atoms with Crippen molar-refractivity contribution in [2.24, 2.45) is 0 Å². The third-order valence-electron chi connectivity index (χ3n) is 3.76. The lowest BCUT2D eigenvalue weighted by Gasteiger charge is -2.24. The first-order valence-corrected chi connectivity index (χ1v) is 8.02. The number of carbonyl (C=O) groups is 5. The molecule has 0 aromatic carbocycles. The molecule has 136 valence electrons. The number of imide groups is 2. The van der Waals surface area contributed by atoms with Gasteiger partial charge in [0.15, 0.2) is 0 Å². The number of esters is 1. The normalized spacial score (nSPS) is 17.8. The highest BCUT2D eigenvalue weighted by atomic mass is 16.5. The van der Waals surface area contributed by atoms with Gasteiger partial charge in [-0.15, -0.1) is 0 Å². The van der Waals surface area contributed by atoms with E-state index >= 15 is 0 Å². The Morgan fingerprint density at radius 3 is 2.44 bits per heavy atom. The van der Waals surface area contributed by atoms with Crippen molar-refractivity contribution in [2.45, 2.75) is 26.7 Å². The summed E-state index contributed by atoms with van der Waals surface area (Å²) in [6, 6.07) is -1.33. The van der Waals surface area contributed by atoms with Gasteiger partial charge in [-0.3, -0.25) is 14.5 Å². The largest absolute Gasteiger partial charge is 0.463 e. The summed E-state index contributed by atoms with van der Waals surface area (Å²) in [5.41, 5.74) is 0.163. The SMILES string of the molecule is CCCCN1C(=O)C(=O)N(CC2=C(C(=O)OCC)CNC(=O)N2)C1=O. The highest BCUT2D eigenvalue weighted by molar-refractivity contribution is 6.44. The van der Waals surface area contributed by atoms with E-state index in [2.05, 4.69) is 10.6 Å². The van der Waals surface area contributed by atoms with E-state index in [1.165, 1.54) is 0 Å². The molecule has 0 atom stereocenters. The van der Waals surface area contributed by atoms with Crippen LogP contribution >= 0.6 is 0 Å². The molecule has 0 bridgehead atoms. The summed E-state index contributed by atoms with van der Waals surface area (Å²) >= 11 is 0. The maximum atomic E-state index is 12.3. The van der Waals surface area contributed by atoms with Crippen LogP contribution in [0.5, 0.6) is 0 Å². The maximum Gasteiger partial charge on any atom is 0.337 e. The Morgan fingerprint density at radius 2 is 1.80 bits per heavy atom. The molecule has 10 nitrogen and oxygen atoms in total. The predicted molar refractivity (Wildman–Crippen MR) is 83.9 cm³/mol. The van der Waals surface area contributed by atoms with Crippen molar-refractivity contribution in [3.8, 4) is 0 Å². The third-order valence-corrected chi connectivity index (χ3v) is 3.76. The zero-order chi connectivity index (χ0) is 18.6. The van der Waals surface area contributed by atoms with Crippen LogP contribution < -0.4 is 10.6 Å². The second-order valence-electron chi connectivity index (χ2n) is 5.47. The van der Waals surface area contributed by atoms with Crippen LogP contribution in [-0.4, -0.2) is 65.9 Å². The summed E-state index contributed by atoms with van der Waals surface area (Å²) in [6.07, 6.45) is 1.33. The van der Waals surface area contributed by atoms with Crippen molar-refractivity contribution in [2.75, 3.05) is 26.2 Å². The Labute approximate surface area is 144 Å². The van der Waals surface area contributed by atoms with E-state index in [-0.39, 0.29) is 37.5 Å². The van der Waals surface area contributed by atoms with Crippen molar-refractivity contribution in [3.05, 3.63) is 11.3 Å². The Bertz CT molecular complexity index is 656. The van der Waals surface area contributed by atoms with Crippen LogP contribution in [0.3, 0.4) is 0 Å². The van der Waals surface area contributed by atoms with Crippen LogP contribution in [0, 0.1) is 0 Å². The molecule has 2 rings (SSSR count). The molecule has 0 radical (unpaired) electrons. The zero-order valence-electron chi connectivity index (χ0n) is 14.1. The van der Waals surface area contributed by atoms with Gasteiger partial charge in [0, 0.05) is 6.54 Å². The predicted octanol–water partition coefficient (Wildman–Crippen LogP) is -0.293. The monoisotopic (exact) mass is 352 g/mol. The summed E-state index contributed by atoms with van der Waals surface area (Å²) in [5.74, 6) is -2.56. The summed E-state index contributed by atoms with van der Waals surface area (Å²) in [7, 11) is 0. The van der Waals surface area contributed by atoms with Crippen LogP contribution in [0.1, 0.15) is 26.7 Å². The minimum absolute atomic E-state index is 0.0639. The standard InChI is InChI=1S/C15H20N4O6/c1-3-5-6-18-11(20)12(21)19(15(18)24)8-10-9(13(22)25-4-2)7-16-14(23)17-10/h3-8H2,1-2H3,(H2,16,17,23). The molecule has 2 aliphatic heterocycles. The van der Waals surface area contributed by atoms with E-state index in [0.29, 0.717) is 6.42 Å². The van der Waals surface area contributed by atoms with E-state index in [0.717, 1.165) is 16.2 Å². The lowest BCUT2D eigenvalue weighted by Crippen LogP contribution is -2.48. The molecule has 6 amide bonds. The lowest BCUT2D eigenvalue weighted by molar-refractivity contribution is -0.143. The van der Waals surface area contributed by atoms with Gasteiger partial charge >= 0.3 is 29.8 Å². The van der Waals surface area contributed by atoms with Gasteiger partial charge in [-0.25, -0.2) is 19.3 Å². The highest BCUT2D eigenvalue weighted by Gasteiger charge is 2.45. The van der Waals surface area contributed by atoms with E-state index in [4.69, 9.17) is 4.74 Å². The van der Waals surface area contributed by atoms with Gasteiger partial charge in [-0.2, -0.15) is 0 Å². The Kier molecular flexibility index (Phi) is 5.73. The number of hydrogen-bond donors (Lipinski definition) is 2. The summed E-state index contributed by atoms with van der Waals surface area (Å²) in [4.78, 5) is 61.5. The highest BCUT2D eigenvalue weighted by Crippen LogP contribution is 2.17. The van der Waals surface area contributed by atoms with Crippen molar-refractivity contribution < 1.29 is 28.7 Å². The average molecular weight is 352 g/mol. The molecule has 2 N–H and O–H groups in total. The van der Waals surface area contributed by atoms with Crippen LogP contribution in [0.15, 0.2) is 11.3 Å². The molecule has 0 aromatic rings. The number of amides is 6. The molecule has 25 heavy (non-hydrogen) atoms. The van der Waals surface area contributed by atoms with E-state index < -0.39 is 29.8 Å². The molecular weight excluding hydrogens is 332 g/mol. The van der Waals surface area contributed by atoms with Gasteiger partial charge in [0.2, 0.25) is 0 Å². The second-order valence-corrected chi connectivity index (χ2v) is 5.47. The van der Waals surface area contributed by atoms with Crippen molar-refractivity contribution in [3.63, 3.8) is 0 Å². The summed E-state index contributed by atoms with van der Waals surface area (Å²) in [5, 5.41) is 4.82. The molecule has 2 heterocycles. The molecule has 0 aromatic heterocycles. The molecule has 1 fully saturated rings. The summed E-state index contributed by atoms with van der Waals surface area (Å²) < 4.78 is 4.91. The first kappa shape index (κ1) is 18.4. The van der Waals surface area contributed by atoms with Gasteiger partial charge in [0.1, 0.15) is 0 Å². The minimum Gasteiger partial charge on any atom is -0.463 e. The topological polar surface area (TPSA) is 125 Å². The fourth-order valence-corrected chi connectivity index (χ4v) is 2.44. The quantitative estimate of drug-likeness (QED) is 0.368. The molecule has 0 saturated carbocycles. The van der Waals surface area contributed by atoms with Gasteiger partial charge in [0.25, 0.3) is 0 Å². The number of nitrogens with zero attached hydrogens (tertiary/aromatic N) is 2. The van der Waals surface area contributed by atoms with Crippen LogP contribution in [0.25, 0.3) is 0 Å². The number of ether oxygens (including phenoxy) is 1. The van der Waals surface area contributed by atoms with Gasteiger partial charge in [-0.05, 0) is 13.3 Å². The number of carbonyl (C=O) groups excluding carboxylic acids is 5. The smallest absolute Gasteiger partial charge is 0.337 e. The first-order chi connectivity index (χ1) is 11.9. The fraction of sp³-hybridized carbons (Fsp3) is 0.533. The first-order valence-electron chi connectivity index (χ1n) is 8.02. The minimum atomic E-state index is -0.982. The number of nitrogens with one attached hydrogen (secondary N) is 2. The van der Waals surface area contributed by atoms with Crippen LogP contribution in [0.2, 0.25) is 0 Å².